The molecule has 0 bridgehead atoms. The zero-order valence-electron chi connectivity index (χ0n) is 12.2. The van der Waals surface area contributed by atoms with Crippen LogP contribution in [0.25, 0.3) is 0 Å². The third kappa shape index (κ3) is 2.94. The number of nitrogens with zero attached hydrogens (tertiary/aromatic N) is 1. The Morgan fingerprint density at radius 1 is 1.33 bits per heavy atom. The molecule has 24 heavy (non-hydrogen) atoms. The number of nitrogens with one attached hydrogen (secondary N) is 1. The van der Waals surface area contributed by atoms with Crippen LogP contribution in [-0.2, 0) is 20.8 Å². The average Bonchev–Trinajstić information content (AvgIpc) is 2.54. The van der Waals surface area contributed by atoms with Crippen molar-refractivity contribution < 1.29 is 24.6 Å². The highest BCUT2D eigenvalue weighted by Crippen LogP contribution is 2.41. The summed E-state index contributed by atoms with van der Waals surface area (Å²) in [5.74, 6) is -1.71. The highest BCUT2D eigenvalue weighted by molar-refractivity contribution is 8.00. The van der Waals surface area contributed by atoms with Crippen molar-refractivity contribution in [3.63, 3.8) is 0 Å². The fraction of sp³-hybridized carbons (Fsp3) is 0.267. The molecule has 1 aromatic carbocycles. The molecule has 2 aliphatic heterocycles. The van der Waals surface area contributed by atoms with Crippen LogP contribution in [0.4, 0.5) is 0 Å². The Morgan fingerprint density at radius 2 is 2.00 bits per heavy atom. The second-order valence-corrected chi connectivity index (χ2v) is 6.92. The van der Waals surface area contributed by atoms with Crippen molar-refractivity contribution in [2.45, 2.75) is 17.8 Å². The van der Waals surface area contributed by atoms with Gasteiger partial charge in [-0.15, -0.1) is 11.8 Å². The first-order chi connectivity index (χ1) is 11.4. The van der Waals surface area contributed by atoms with E-state index in [0.717, 1.165) is 4.90 Å². The lowest BCUT2D eigenvalue weighted by Gasteiger charge is -2.48. The van der Waals surface area contributed by atoms with E-state index < -0.39 is 23.3 Å². The lowest BCUT2D eigenvalue weighted by molar-refractivity contribution is -0.150. The molecule has 0 spiro atoms. The number of hydrogen-bond donors (Lipinski definition) is 3. The zero-order chi connectivity index (χ0) is 17.4. The number of fused-ring (bicyclic) bond motifs is 1. The number of aliphatic carboxylic acids is 1. The number of carbonyl (C=O) groups excluding carboxylic acids is 2. The monoisotopic (exact) mass is 368 g/mol. The Hall–Kier alpha value is -2.19. The van der Waals surface area contributed by atoms with Gasteiger partial charge in [0.2, 0.25) is 5.91 Å². The van der Waals surface area contributed by atoms with Crippen LogP contribution in [0.5, 0.6) is 5.75 Å². The van der Waals surface area contributed by atoms with Gasteiger partial charge in [0.15, 0.2) is 0 Å². The Morgan fingerprint density at radius 3 is 2.62 bits per heavy atom. The lowest BCUT2D eigenvalue weighted by Crippen LogP contribution is -2.70. The predicted octanol–water partition coefficient (Wildman–Crippen LogP) is 0.870. The molecule has 2 heterocycles. The Kier molecular flexibility index (Phi) is 4.42. The van der Waals surface area contributed by atoms with E-state index in [4.69, 9.17) is 11.6 Å². The van der Waals surface area contributed by atoms with E-state index in [1.165, 1.54) is 23.9 Å². The van der Waals surface area contributed by atoms with Gasteiger partial charge in [0.1, 0.15) is 22.9 Å². The Labute approximate surface area is 146 Å². The van der Waals surface area contributed by atoms with Crippen LogP contribution in [0.1, 0.15) is 5.56 Å². The van der Waals surface area contributed by atoms with Gasteiger partial charge in [-0.05, 0) is 17.7 Å². The molecule has 1 aromatic rings. The number of hydrogen-bond acceptors (Lipinski definition) is 5. The smallest absolute Gasteiger partial charge is 0.353 e. The maximum Gasteiger partial charge on any atom is 0.353 e. The normalized spacial score (nSPS) is 22.7. The van der Waals surface area contributed by atoms with Gasteiger partial charge in [0.05, 0.1) is 11.5 Å². The van der Waals surface area contributed by atoms with Crippen LogP contribution in [-0.4, -0.2) is 50.1 Å². The van der Waals surface area contributed by atoms with E-state index in [2.05, 4.69) is 5.32 Å². The van der Waals surface area contributed by atoms with Gasteiger partial charge in [0, 0.05) is 5.75 Å². The first-order valence-electron chi connectivity index (χ1n) is 7.02. The van der Waals surface area contributed by atoms with Gasteiger partial charge in [-0.2, -0.15) is 0 Å². The van der Waals surface area contributed by atoms with Gasteiger partial charge in [0.25, 0.3) is 5.91 Å². The van der Waals surface area contributed by atoms with E-state index in [9.17, 15) is 24.6 Å². The summed E-state index contributed by atoms with van der Waals surface area (Å²) in [5.41, 5.74) is 0.480. The van der Waals surface area contributed by atoms with Crippen molar-refractivity contribution in [3.05, 3.63) is 40.6 Å². The summed E-state index contributed by atoms with van der Waals surface area (Å²) in [4.78, 5) is 36.6. The quantitative estimate of drug-likeness (QED) is 0.681. The highest BCUT2D eigenvalue weighted by atomic mass is 35.5. The number of phenols is 1. The molecule has 2 atom stereocenters. The largest absolute Gasteiger partial charge is 0.508 e. The summed E-state index contributed by atoms with van der Waals surface area (Å²) in [5, 5.41) is 20.7. The second kappa shape index (κ2) is 6.37. The molecule has 0 aromatic heterocycles. The Balaban J connectivity index is 1.66. The first-order valence-corrected chi connectivity index (χ1v) is 8.45. The molecule has 126 valence electrons. The van der Waals surface area contributed by atoms with Gasteiger partial charge >= 0.3 is 5.97 Å². The Bertz CT molecular complexity index is 749. The molecule has 3 rings (SSSR count). The molecular weight excluding hydrogens is 356 g/mol. The molecule has 3 N–H and O–H groups in total. The van der Waals surface area contributed by atoms with E-state index in [1.54, 1.807) is 12.1 Å². The molecule has 0 radical (unpaired) electrons. The van der Waals surface area contributed by atoms with Crippen molar-refractivity contribution >= 4 is 41.1 Å². The van der Waals surface area contributed by atoms with Crippen LogP contribution < -0.4 is 5.32 Å². The van der Waals surface area contributed by atoms with Crippen LogP contribution in [0.15, 0.2) is 35.0 Å². The summed E-state index contributed by atoms with van der Waals surface area (Å²) in [6.45, 7) is 0. The number of amides is 2. The van der Waals surface area contributed by atoms with Gasteiger partial charge in [-0.3, -0.25) is 14.5 Å². The van der Waals surface area contributed by atoms with Crippen LogP contribution >= 0.6 is 23.4 Å². The van der Waals surface area contributed by atoms with Crippen molar-refractivity contribution in [3.8, 4) is 5.75 Å². The van der Waals surface area contributed by atoms with Gasteiger partial charge in [-0.25, -0.2) is 4.79 Å². The van der Waals surface area contributed by atoms with Crippen molar-refractivity contribution in [1.29, 1.82) is 0 Å². The number of carbonyl (C=O) groups is 3. The molecule has 2 aliphatic rings. The van der Waals surface area contributed by atoms with Gasteiger partial charge < -0.3 is 15.5 Å². The minimum atomic E-state index is -1.26. The summed E-state index contributed by atoms with van der Waals surface area (Å²) in [6.07, 6.45) is 0.0594. The van der Waals surface area contributed by atoms with Crippen LogP contribution in [0, 0.1) is 0 Å². The van der Waals surface area contributed by atoms with Crippen molar-refractivity contribution in [1.82, 2.24) is 10.2 Å². The minimum absolute atomic E-state index is 0.0594. The average molecular weight is 369 g/mol. The number of thioether (sulfide) groups is 1. The maximum absolute atomic E-state index is 12.2. The number of halogens is 1. The second-order valence-electron chi connectivity index (χ2n) is 5.36. The minimum Gasteiger partial charge on any atom is -0.508 e. The standard InChI is InChI=1S/C15H13ClN2O5S/c16-9-6-24-14-11(13(21)18(14)12(9)15(22)23)17-10(20)5-7-1-3-8(19)4-2-7/h1-4,11,14,19H,5-6H2,(H,17,20)(H,22,23)/t11?,14-/m0/s1. The fourth-order valence-corrected chi connectivity index (χ4v) is 4.16. The first kappa shape index (κ1) is 16.7. The summed E-state index contributed by atoms with van der Waals surface area (Å²) in [7, 11) is 0. The van der Waals surface area contributed by atoms with E-state index in [0.29, 0.717) is 5.56 Å². The van der Waals surface area contributed by atoms with E-state index >= 15 is 0 Å². The molecular formula is C15H13ClN2O5S. The SMILES string of the molecule is O=C(Cc1ccc(O)cc1)NC1C(=O)N2C(C(=O)O)=C(Cl)CS[C@@H]12. The van der Waals surface area contributed by atoms with Crippen molar-refractivity contribution in [2.75, 3.05) is 5.75 Å². The number of phenolic OH excluding ortho intramolecular Hbond substituents is 1. The van der Waals surface area contributed by atoms with Crippen LogP contribution in [0.2, 0.25) is 0 Å². The third-order valence-electron chi connectivity index (χ3n) is 3.74. The number of rotatable bonds is 4. The molecule has 7 nitrogen and oxygen atoms in total. The number of β-lactam (4-membered cyclic amide) rings is 1. The molecule has 0 saturated carbocycles. The predicted molar refractivity (Wildman–Crippen MR) is 87.3 cm³/mol. The fourth-order valence-electron chi connectivity index (χ4n) is 2.61. The molecule has 0 aliphatic carbocycles. The van der Waals surface area contributed by atoms with Crippen LogP contribution in [0.3, 0.4) is 0 Å². The molecule has 1 unspecified atom stereocenters. The molecule has 9 heteroatoms. The highest BCUT2D eigenvalue weighted by Gasteiger charge is 2.54. The van der Waals surface area contributed by atoms with E-state index in [-0.39, 0.29) is 34.6 Å². The number of aromatic hydroxyl groups is 1. The lowest BCUT2D eigenvalue weighted by atomic mass is 10.0. The zero-order valence-corrected chi connectivity index (χ0v) is 13.8. The number of benzene rings is 1. The maximum atomic E-state index is 12.2. The topological polar surface area (TPSA) is 107 Å². The molecule has 1 saturated heterocycles. The number of carboxylic acids is 1. The van der Waals surface area contributed by atoms with Crippen molar-refractivity contribution in [2.24, 2.45) is 0 Å². The summed E-state index contributed by atoms with van der Waals surface area (Å²) < 4.78 is 0. The van der Waals surface area contributed by atoms with Gasteiger partial charge in [-0.1, -0.05) is 23.7 Å². The van der Waals surface area contributed by atoms with E-state index in [1.807, 2.05) is 0 Å². The summed E-state index contributed by atoms with van der Waals surface area (Å²) in [6, 6.07) is 5.41. The summed E-state index contributed by atoms with van der Waals surface area (Å²) >= 11 is 7.20. The molecule has 1 fully saturated rings. The number of carboxylic acid groups (broad SMARTS) is 1. The molecule has 2 amide bonds. The third-order valence-corrected chi connectivity index (χ3v) is 5.49.